The maximum absolute atomic E-state index is 12.3. The van der Waals surface area contributed by atoms with Crippen LogP contribution in [0.3, 0.4) is 0 Å². The molecule has 122 valence electrons. The Hall–Kier alpha value is -1.79. The number of carbonyl (C=O) groups excluding carboxylic acids is 1. The first kappa shape index (κ1) is 16.6. The van der Waals surface area contributed by atoms with Crippen LogP contribution < -0.4 is 14.8 Å². The van der Waals surface area contributed by atoms with Gasteiger partial charge in [-0.15, -0.1) is 0 Å². The topological polar surface area (TPSA) is 60.0 Å². The van der Waals surface area contributed by atoms with E-state index >= 15 is 0 Å². The van der Waals surface area contributed by atoms with Crippen LogP contribution in [0.5, 0.6) is 11.5 Å². The highest BCUT2D eigenvalue weighted by Crippen LogP contribution is 2.28. The standard InChI is InChI=1S/C16H24N2O4/c1-11-10-22-12(2)8-18(11)9-16(19)17-14-7-13(20-3)5-6-15(14)21-4/h5-7,11-12H,8-10H2,1-4H3,(H,17,19). The molecule has 1 aliphatic heterocycles. The van der Waals surface area contributed by atoms with E-state index < -0.39 is 0 Å². The highest BCUT2D eigenvalue weighted by Gasteiger charge is 2.25. The number of carbonyl (C=O) groups is 1. The summed E-state index contributed by atoms with van der Waals surface area (Å²) in [5.41, 5.74) is 0.612. The molecule has 6 nitrogen and oxygen atoms in total. The molecule has 1 saturated heterocycles. The van der Waals surface area contributed by atoms with Crippen molar-refractivity contribution < 1.29 is 19.0 Å². The fourth-order valence-electron chi connectivity index (χ4n) is 2.48. The third-order valence-electron chi connectivity index (χ3n) is 3.76. The second-order valence-electron chi connectivity index (χ2n) is 5.54. The summed E-state index contributed by atoms with van der Waals surface area (Å²) in [6.45, 7) is 5.81. The van der Waals surface area contributed by atoms with Crippen molar-refractivity contribution in [3.63, 3.8) is 0 Å². The first-order chi connectivity index (χ1) is 10.5. The molecule has 0 bridgehead atoms. The van der Waals surface area contributed by atoms with Crippen molar-refractivity contribution in [1.82, 2.24) is 4.90 Å². The monoisotopic (exact) mass is 308 g/mol. The molecule has 0 radical (unpaired) electrons. The van der Waals surface area contributed by atoms with Crippen LogP contribution >= 0.6 is 0 Å². The Morgan fingerprint density at radius 1 is 1.36 bits per heavy atom. The van der Waals surface area contributed by atoms with Crippen LogP contribution in [0.1, 0.15) is 13.8 Å². The second kappa shape index (κ2) is 7.47. The molecule has 6 heteroatoms. The summed E-state index contributed by atoms with van der Waals surface area (Å²) >= 11 is 0. The largest absolute Gasteiger partial charge is 0.497 e. The van der Waals surface area contributed by atoms with E-state index in [9.17, 15) is 4.79 Å². The third kappa shape index (κ3) is 4.11. The SMILES string of the molecule is COc1ccc(OC)c(NC(=O)CN2CC(C)OCC2C)c1. The summed E-state index contributed by atoms with van der Waals surface area (Å²) in [7, 11) is 3.16. The number of ether oxygens (including phenoxy) is 3. The van der Waals surface area contributed by atoms with Gasteiger partial charge in [-0.2, -0.15) is 0 Å². The number of rotatable bonds is 5. The summed E-state index contributed by atoms with van der Waals surface area (Å²) in [5, 5.41) is 2.89. The van der Waals surface area contributed by atoms with Crippen molar-refractivity contribution in [3.05, 3.63) is 18.2 Å². The molecule has 0 aliphatic carbocycles. The Labute approximate surface area is 131 Å². The highest BCUT2D eigenvalue weighted by molar-refractivity contribution is 5.94. The van der Waals surface area contributed by atoms with Gasteiger partial charge < -0.3 is 19.5 Å². The molecule has 1 N–H and O–H groups in total. The van der Waals surface area contributed by atoms with Gasteiger partial charge in [-0.3, -0.25) is 9.69 Å². The van der Waals surface area contributed by atoms with E-state index in [2.05, 4.69) is 17.1 Å². The molecule has 2 unspecified atom stereocenters. The summed E-state index contributed by atoms with van der Waals surface area (Å²) < 4.78 is 16.0. The van der Waals surface area contributed by atoms with Crippen molar-refractivity contribution in [2.75, 3.05) is 39.2 Å². The lowest BCUT2D eigenvalue weighted by Crippen LogP contribution is -2.50. The van der Waals surface area contributed by atoms with Crippen LogP contribution in [0.2, 0.25) is 0 Å². The van der Waals surface area contributed by atoms with Gasteiger partial charge in [-0.25, -0.2) is 0 Å². The van der Waals surface area contributed by atoms with Crippen molar-refractivity contribution in [3.8, 4) is 11.5 Å². The molecule has 1 aromatic rings. The normalized spacial score (nSPS) is 22.2. The van der Waals surface area contributed by atoms with Gasteiger partial charge in [0.05, 0.1) is 39.2 Å². The molecule has 1 amide bonds. The van der Waals surface area contributed by atoms with Crippen molar-refractivity contribution in [2.24, 2.45) is 0 Å². The Morgan fingerprint density at radius 3 is 2.82 bits per heavy atom. The lowest BCUT2D eigenvalue weighted by Gasteiger charge is -2.36. The number of methoxy groups -OCH3 is 2. The van der Waals surface area contributed by atoms with Gasteiger partial charge in [0.15, 0.2) is 0 Å². The Balaban J connectivity index is 2.02. The summed E-state index contributed by atoms with van der Waals surface area (Å²) in [5.74, 6) is 1.20. The van der Waals surface area contributed by atoms with Gasteiger partial charge in [0.2, 0.25) is 5.91 Å². The molecule has 1 heterocycles. The molecule has 2 rings (SSSR count). The predicted octanol–water partition coefficient (Wildman–Crippen LogP) is 1.75. The van der Waals surface area contributed by atoms with Crippen molar-refractivity contribution in [2.45, 2.75) is 26.0 Å². The minimum atomic E-state index is -0.0764. The summed E-state index contributed by atoms with van der Waals surface area (Å²) in [4.78, 5) is 14.4. The van der Waals surface area contributed by atoms with E-state index in [4.69, 9.17) is 14.2 Å². The van der Waals surface area contributed by atoms with E-state index in [1.54, 1.807) is 32.4 Å². The molecule has 1 fully saturated rings. The quantitative estimate of drug-likeness (QED) is 0.898. The third-order valence-corrected chi connectivity index (χ3v) is 3.76. The van der Waals surface area contributed by atoms with Gasteiger partial charge in [0.25, 0.3) is 0 Å². The van der Waals surface area contributed by atoms with Crippen LogP contribution in [0.15, 0.2) is 18.2 Å². The van der Waals surface area contributed by atoms with E-state index in [0.717, 1.165) is 6.54 Å². The lowest BCUT2D eigenvalue weighted by atomic mass is 10.2. The van der Waals surface area contributed by atoms with Gasteiger partial charge in [-0.1, -0.05) is 0 Å². The first-order valence-electron chi connectivity index (χ1n) is 7.41. The fraction of sp³-hybridized carbons (Fsp3) is 0.562. The molecule has 0 spiro atoms. The lowest BCUT2D eigenvalue weighted by molar-refractivity contribution is -0.121. The van der Waals surface area contributed by atoms with Crippen molar-refractivity contribution in [1.29, 1.82) is 0 Å². The molecule has 22 heavy (non-hydrogen) atoms. The second-order valence-corrected chi connectivity index (χ2v) is 5.54. The molecule has 0 aromatic heterocycles. The van der Waals surface area contributed by atoms with Gasteiger partial charge in [0.1, 0.15) is 11.5 Å². The van der Waals surface area contributed by atoms with Crippen LogP contribution in [-0.4, -0.2) is 56.9 Å². The van der Waals surface area contributed by atoms with Crippen LogP contribution in [0.25, 0.3) is 0 Å². The van der Waals surface area contributed by atoms with E-state index in [1.165, 1.54) is 0 Å². The number of morpholine rings is 1. The molecule has 1 aliphatic rings. The average Bonchev–Trinajstić information content (AvgIpc) is 2.50. The smallest absolute Gasteiger partial charge is 0.238 e. The molecular formula is C16H24N2O4. The first-order valence-corrected chi connectivity index (χ1v) is 7.41. The van der Waals surface area contributed by atoms with Crippen molar-refractivity contribution >= 4 is 11.6 Å². The zero-order valence-electron chi connectivity index (χ0n) is 13.6. The minimum absolute atomic E-state index is 0.0764. The minimum Gasteiger partial charge on any atom is -0.497 e. The highest BCUT2D eigenvalue weighted by atomic mass is 16.5. The summed E-state index contributed by atoms with van der Waals surface area (Å²) in [6.07, 6.45) is 0.148. The number of benzene rings is 1. The van der Waals surface area contributed by atoms with E-state index in [0.29, 0.717) is 30.3 Å². The molecule has 0 saturated carbocycles. The van der Waals surface area contributed by atoms with Crippen LogP contribution in [0, 0.1) is 0 Å². The molecule has 1 aromatic carbocycles. The van der Waals surface area contributed by atoms with E-state index in [-0.39, 0.29) is 18.1 Å². The summed E-state index contributed by atoms with van der Waals surface area (Å²) in [6, 6.07) is 5.55. The zero-order valence-corrected chi connectivity index (χ0v) is 13.6. The maximum Gasteiger partial charge on any atom is 0.238 e. The van der Waals surface area contributed by atoms with Crippen LogP contribution in [-0.2, 0) is 9.53 Å². The Bertz CT molecular complexity index is 521. The Morgan fingerprint density at radius 2 is 2.14 bits per heavy atom. The number of anilines is 1. The molecular weight excluding hydrogens is 284 g/mol. The number of nitrogens with one attached hydrogen (secondary N) is 1. The van der Waals surface area contributed by atoms with Crippen LogP contribution in [0.4, 0.5) is 5.69 Å². The van der Waals surface area contributed by atoms with E-state index in [1.807, 2.05) is 6.92 Å². The van der Waals surface area contributed by atoms with Gasteiger partial charge in [-0.05, 0) is 26.0 Å². The van der Waals surface area contributed by atoms with Gasteiger partial charge >= 0.3 is 0 Å². The average molecular weight is 308 g/mol. The zero-order chi connectivity index (χ0) is 16.1. The molecule has 2 atom stereocenters. The number of hydrogen-bond donors (Lipinski definition) is 1. The fourth-order valence-corrected chi connectivity index (χ4v) is 2.48. The predicted molar refractivity (Wildman–Crippen MR) is 84.6 cm³/mol. The number of nitrogens with zero attached hydrogens (tertiary/aromatic N) is 1. The maximum atomic E-state index is 12.3. The number of hydrogen-bond acceptors (Lipinski definition) is 5. The number of amides is 1. The Kier molecular flexibility index (Phi) is 5.63. The van der Waals surface area contributed by atoms with Gasteiger partial charge in [0, 0.05) is 18.7 Å².